The fourth-order valence-electron chi connectivity index (χ4n) is 2.64. The first-order valence-electron chi connectivity index (χ1n) is 8.16. The van der Waals surface area contributed by atoms with Crippen LogP contribution in [0.25, 0.3) is 0 Å². The van der Waals surface area contributed by atoms with Crippen LogP contribution >= 0.6 is 0 Å². The molecule has 0 radical (unpaired) electrons. The van der Waals surface area contributed by atoms with E-state index in [2.05, 4.69) is 5.32 Å². The Morgan fingerprint density at radius 1 is 1.16 bits per heavy atom. The number of hydrogen-bond donors (Lipinski definition) is 2. The second-order valence-electron chi connectivity index (χ2n) is 5.83. The number of phenolic OH excluding ortho intramolecular Hbond substituents is 1. The van der Waals surface area contributed by atoms with Gasteiger partial charge in [0.1, 0.15) is 11.5 Å². The number of fused-ring (bicyclic) bond motifs is 1. The molecular formula is C19H21NO5. The molecule has 6 heteroatoms. The summed E-state index contributed by atoms with van der Waals surface area (Å²) in [5.74, 6) is 1.41. The maximum atomic E-state index is 12.4. The minimum atomic E-state index is -0.361. The highest BCUT2D eigenvalue weighted by Gasteiger charge is 2.18. The molecule has 0 bridgehead atoms. The van der Waals surface area contributed by atoms with E-state index in [-0.39, 0.29) is 23.3 Å². The molecule has 0 saturated carbocycles. The molecule has 1 atom stereocenters. The van der Waals surface area contributed by atoms with Crippen LogP contribution in [0.4, 0.5) is 0 Å². The van der Waals surface area contributed by atoms with Gasteiger partial charge in [0.2, 0.25) is 0 Å². The van der Waals surface area contributed by atoms with E-state index >= 15 is 0 Å². The number of hydrogen-bond acceptors (Lipinski definition) is 5. The van der Waals surface area contributed by atoms with Crippen molar-refractivity contribution in [3.8, 4) is 23.0 Å². The lowest BCUT2D eigenvalue weighted by molar-refractivity contribution is 0.0937. The largest absolute Gasteiger partial charge is 0.507 e. The average molecular weight is 343 g/mol. The van der Waals surface area contributed by atoms with Gasteiger partial charge in [0.15, 0.2) is 11.5 Å². The van der Waals surface area contributed by atoms with Crippen molar-refractivity contribution >= 4 is 5.91 Å². The van der Waals surface area contributed by atoms with Crippen molar-refractivity contribution in [2.75, 3.05) is 20.3 Å². The van der Waals surface area contributed by atoms with Crippen molar-refractivity contribution in [2.45, 2.75) is 19.4 Å². The quantitative estimate of drug-likeness (QED) is 0.892. The highest BCUT2D eigenvalue weighted by molar-refractivity contribution is 5.97. The molecule has 132 valence electrons. The summed E-state index contributed by atoms with van der Waals surface area (Å²) in [5.41, 5.74) is 1.09. The Morgan fingerprint density at radius 2 is 1.92 bits per heavy atom. The van der Waals surface area contributed by atoms with E-state index in [4.69, 9.17) is 14.2 Å². The van der Waals surface area contributed by atoms with E-state index in [1.807, 2.05) is 25.1 Å². The first-order valence-corrected chi connectivity index (χ1v) is 8.16. The van der Waals surface area contributed by atoms with Gasteiger partial charge < -0.3 is 24.6 Å². The van der Waals surface area contributed by atoms with Crippen LogP contribution in [-0.2, 0) is 0 Å². The van der Waals surface area contributed by atoms with Gasteiger partial charge in [-0.3, -0.25) is 4.79 Å². The summed E-state index contributed by atoms with van der Waals surface area (Å²) >= 11 is 0. The Bertz CT molecular complexity index is 774. The summed E-state index contributed by atoms with van der Waals surface area (Å²) < 4.78 is 16.3. The summed E-state index contributed by atoms with van der Waals surface area (Å²) in [6, 6.07) is 9.94. The van der Waals surface area contributed by atoms with E-state index in [9.17, 15) is 9.90 Å². The van der Waals surface area contributed by atoms with Crippen LogP contribution in [-0.4, -0.2) is 31.3 Å². The van der Waals surface area contributed by atoms with Crippen LogP contribution in [0.1, 0.15) is 35.3 Å². The molecule has 1 aliphatic heterocycles. The zero-order valence-corrected chi connectivity index (χ0v) is 14.2. The maximum Gasteiger partial charge on any atom is 0.255 e. The number of ether oxygens (including phenoxy) is 3. The summed E-state index contributed by atoms with van der Waals surface area (Å²) in [6.45, 7) is 3.12. The fraction of sp³-hybridized carbons (Fsp3) is 0.316. The van der Waals surface area contributed by atoms with Crippen LogP contribution in [0.2, 0.25) is 0 Å². The van der Waals surface area contributed by atoms with Crippen molar-refractivity contribution in [3.63, 3.8) is 0 Å². The van der Waals surface area contributed by atoms with Gasteiger partial charge in [-0.2, -0.15) is 0 Å². The molecule has 1 aliphatic rings. The monoisotopic (exact) mass is 343 g/mol. The van der Waals surface area contributed by atoms with E-state index in [0.717, 1.165) is 12.0 Å². The minimum Gasteiger partial charge on any atom is -0.507 e. The maximum absolute atomic E-state index is 12.4. The van der Waals surface area contributed by atoms with Gasteiger partial charge >= 0.3 is 0 Å². The molecule has 2 aromatic carbocycles. The number of phenols is 1. The standard InChI is InChI=1S/C19H21NO5/c1-12(13-4-7-17-18(10-13)25-9-3-8-24-17)20-19(22)15-6-5-14(23-2)11-16(15)21/h4-7,10-12,21H,3,8-9H2,1-2H3,(H,20,22). The molecule has 0 saturated heterocycles. The SMILES string of the molecule is COc1ccc(C(=O)NC(C)c2ccc3c(c2)OCCCO3)c(O)c1. The highest BCUT2D eigenvalue weighted by Crippen LogP contribution is 2.32. The third-order valence-corrected chi connectivity index (χ3v) is 4.07. The summed E-state index contributed by atoms with van der Waals surface area (Å²) in [4.78, 5) is 12.4. The Labute approximate surface area is 146 Å². The number of carbonyl (C=O) groups is 1. The third-order valence-electron chi connectivity index (χ3n) is 4.07. The van der Waals surface area contributed by atoms with Gasteiger partial charge in [-0.25, -0.2) is 0 Å². The normalized spacial score (nSPS) is 14.3. The minimum absolute atomic E-state index is 0.122. The van der Waals surface area contributed by atoms with E-state index in [1.54, 1.807) is 6.07 Å². The van der Waals surface area contributed by atoms with Crippen LogP contribution < -0.4 is 19.5 Å². The Balaban J connectivity index is 1.74. The van der Waals surface area contributed by atoms with E-state index < -0.39 is 0 Å². The van der Waals surface area contributed by atoms with Gasteiger partial charge in [0, 0.05) is 12.5 Å². The average Bonchev–Trinajstić information content (AvgIpc) is 2.85. The van der Waals surface area contributed by atoms with Crippen LogP contribution in [0.5, 0.6) is 23.0 Å². The molecule has 6 nitrogen and oxygen atoms in total. The summed E-state index contributed by atoms with van der Waals surface area (Å²) in [5, 5.41) is 12.9. The van der Waals surface area contributed by atoms with Crippen molar-refractivity contribution in [2.24, 2.45) is 0 Å². The fourth-order valence-corrected chi connectivity index (χ4v) is 2.64. The van der Waals surface area contributed by atoms with Gasteiger partial charge in [-0.15, -0.1) is 0 Å². The number of aromatic hydroxyl groups is 1. The Morgan fingerprint density at radius 3 is 2.64 bits per heavy atom. The molecule has 1 amide bonds. The molecule has 0 spiro atoms. The molecule has 25 heavy (non-hydrogen) atoms. The predicted octanol–water partition coefficient (Wildman–Crippen LogP) is 3.05. The summed E-state index contributed by atoms with van der Waals surface area (Å²) in [7, 11) is 1.50. The molecule has 3 rings (SSSR count). The van der Waals surface area contributed by atoms with Gasteiger partial charge in [-0.05, 0) is 36.8 Å². The molecule has 1 unspecified atom stereocenters. The molecular weight excluding hydrogens is 322 g/mol. The van der Waals surface area contributed by atoms with Crippen LogP contribution in [0.3, 0.4) is 0 Å². The van der Waals surface area contributed by atoms with Gasteiger partial charge in [0.05, 0.1) is 31.9 Å². The molecule has 0 aromatic heterocycles. The zero-order valence-electron chi connectivity index (χ0n) is 14.2. The van der Waals surface area contributed by atoms with Crippen LogP contribution in [0, 0.1) is 0 Å². The molecule has 0 aliphatic carbocycles. The molecule has 1 heterocycles. The molecule has 0 fully saturated rings. The zero-order chi connectivity index (χ0) is 17.8. The number of methoxy groups -OCH3 is 1. The van der Waals surface area contributed by atoms with Crippen LogP contribution in [0.15, 0.2) is 36.4 Å². The number of nitrogens with one attached hydrogen (secondary N) is 1. The first kappa shape index (κ1) is 17.0. The van der Waals surface area contributed by atoms with Crippen molar-refractivity contribution in [1.82, 2.24) is 5.32 Å². The predicted molar refractivity (Wildman–Crippen MR) is 92.6 cm³/mol. The number of carbonyl (C=O) groups excluding carboxylic acids is 1. The number of rotatable bonds is 4. The Kier molecular flexibility index (Phi) is 4.97. The van der Waals surface area contributed by atoms with Crippen molar-refractivity contribution in [3.05, 3.63) is 47.5 Å². The van der Waals surface area contributed by atoms with E-state index in [0.29, 0.717) is 30.5 Å². The van der Waals surface area contributed by atoms with Crippen molar-refractivity contribution < 1.29 is 24.1 Å². The summed E-state index contributed by atoms with van der Waals surface area (Å²) in [6.07, 6.45) is 0.840. The lowest BCUT2D eigenvalue weighted by Gasteiger charge is -2.17. The second-order valence-corrected chi connectivity index (χ2v) is 5.83. The lowest BCUT2D eigenvalue weighted by atomic mass is 10.1. The second kappa shape index (κ2) is 7.34. The van der Waals surface area contributed by atoms with Gasteiger partial charge in [-0.1, -0.05) is 6.07 Å². The van der Waals surface area contributed by atoms with Gasteiger partial charge in [0.25, 0.3) is 5.91 Å². The number of amides is 1. The first-order chi connectivity index (χ1) is 12.1. The topological polar surface area (TPSA) is 77.0 Å². The number of benzene rings is 2. The molecule has 2 aromatic rings. The van der Waals surface area contributed by atoms with Crippen molar-refractivity contribution in [1.29, 1.82) is 0 Å². The third kappa shape index (κ3) is 3.79. The lowest BCUT2D eigenvalue weighted by Crippen LogP contribution is -2.26. The van der Waals surface area contributed by atoms with E-state index in [1.165, 1.54) is 19.2 Å². The highest BCUT2D eigenvalue weighted by atomic mass is 16.5. The Hall–Kier alpha value is -2.89. The smallest absolute Gasteiger partial charge is 0.255 e. The molecule has 2 N–H and O–H groups in total.